The molecule has 1 aromatic carbocycles. The van der Waals surface area contributed by atoms with Crippen LogP contribution in [0.3, 0.4) is 0 Å². The molecule has 1 N–H and O–H groups in total. The highest BCUT2D eigenvalue weighted by atomic mass is 16.3. The molecule has 0 saturated heterocycles. The molecule has 0 radical (unpaired) electrons. The molecular formula is C18H20N2O3. The third-order valence-corrected chi connectivity index (χ3v) is 4.24. The predicted molar refractivity (Wildman–Crippen MR) is 86.8 cm³/mol. The molecule has 5 nitrogen and oxygen atoms in total. The molecule has 0 unspecified atom stereocenters. The number of anilines is 1. The number of hydrogen-bond donors (Lipinski definition) is 1. The van der Waals surface area contributed by atoms with Crippen LogP contribution in [0.25, 0.3) is 0 Å². The number of furan rings is 1. The Labute approximate surface area is 135 Å². The summed E-state index contributed by atoms with van der Waals surface area (Å²) in [6.07, 6.45) is 2.38. The summed E-state index contributed by atoms with van der Waals surface area (Å²) in [5.74, 6) is 0.177. The van der Waals surface area contributed by atoms with Crippen molar-refractivity contribution in [2.45, 2.75) is 26.8 Å². The summed E-state index contributed by atoms with van der Waals surface area (Å²) in [5.41, 5.74) is 0.918. The van der Waals surface area contributed by atoms with Crippen molar-refractivity contribution in [2.75, 3.05) is 11.4 Å². The number of carbonyl (C=O) groups excluding carboxylic acids is 2. The van der Waals surface area contributed by atoms with Crippen LogP contribution in [0.5, 0.6) is 0 Å². The number of rotatable bonds is 4. The minimum atomic E-state index is -1.13. The van der Waals surface area contributed by atoms with Crippen LogP contribution in [0.1, 0.15) is 25.2 Å². The minimum absolute atomic E-state index is 0.181. The SMILES string of the molecule is CC(C)(C(=O)NCc1ccco1)C(=O)N1CCc2ccccc21. The van der Waals surface area contributed by atoms with Crippen LogP contribution in [-0.4, -0.2) is 18.4 Å². The fourth-order valence-electron chi connectivity index (χ4n) is 2.79. The van der Waals surface area contributed by atoms with Gasteiger partial charge in [-0.15, -0.1) is 0 Å². The molecule has 0 fully saturated rings. The number of amides is 2. The van der Waals surface area contributed by atoms with Gasteiger partial charge in [-0.2, -0.15) is 0 Å². The molecule has 5 heteroatoms. The van der Waals surface area contributed by atoms with E-state index in [1.165, 1.54) is 0 Å². The van der Waals surface area contributed by atoms with Gasteiger partial charge in [-0.1, -0.05) is 18.2 Å². The maximum absolute atomic E-state index is 12.9. The van der Waals surface area contributed by atoms with Gasteiger partial charge in [0.25, 0.3) is 0 Å². The quantitative estimate of drug-likeness (QED) is 0.882. The van der Waals surface area contributed by atoms with Crippen LogP contribution in [-0.2, 0) is 22.6 Å². The lowest BCUT2D eigenvalue weighted by atomic mass is 9.90. The van der Waals surface area contributed by atoms with Crippen LogP contribution < -0.4 is 10.2 Å². The second-order valence-corrected chi connectivity index (χ2v) is 6.22. The van der Waals surface area contributed by atoms with Gasteiger partial charge in [0.15, 0.2) is 0 Å². The zero-order chi connectivity index (χ0) is 16.4. The van der Waals surface area contributed by atoms with Gasteiger partial charge < -0.3 is 14.6 Å². The standard InChI is InChI=1S/C18H20N2O3/c1-18(2,16(21)19-12-14-7-5-11-23-14)17(22)20-10-9-13-6-3-4-8-15(13)20/h3-8,11H,9-10,12H2,1-2H3,(H,19,21). The molecule has 120 valence electrons. The topological polar surface area (TPSA) is 62.6 Å². The number of nitrogens with zero attached hydrogens (tertiary/aromatic N) is 1. The first-order chi connectivity index (χ1) is 11.0. The van der Waals surface area contributed by atoms with Crippen LogP contribution in [0, 0.1) is 5.41 Å². The van der Waals surface area contributed by atoms with Crippen LogP contribution in [0.15, 0.2) is 47.1 Å². The predicted octanol–water partition coefficient (Wildman–Crippen LogP) is 2.51. The van der Waals surface area contributed by atoms with Crippen molar-refractivity contribution in [1.29, 1.82) is 0 Å². The number of fused-ring (bicyclic) bond motifs is 1. The molecule has 1 aromatic heterocycles. The van der Waals surface area contributed by atoms with E-state index in [1.54, 1.807) is 37.1 Å². The monoisotopic (exact) mass is 312 g/mol. The van der Waals surface area contributed by atoms with E-state index >= 15 is 0 Å². The van der Waals surface area contributed by atoms with E-state index in [9.17, 15) is 9.59 Å². The lowest BCUT2D eigenvalue weighted by molar-refractivity contribution is -0.139. The molecule has 2 heterocycles. The van der Waals surface area contributed by atoms with E-state index in [1.807, 2.05) is 24.3 Å². The van der Waals surface area contributed by atoms with Crippen LogP contribution in [0.2, 0.25) is 0 Å². The molecule has 1 aliphatic heterocycles. The summed E-state index contributed by atoms with van der Waals surface area (Å²) in [6.45, 7) is 4.22. The average Bonchev–Trinajstić information content (AvgIpc) is 3.21. The maximum Gasteiger partial charge on any atom is 0.242 e. The van der Waals surface area contributed by atoms with E-state index < -0.39 is 5.41 Å². The number of carbonyl (C=O) groups is 2. The number of benzene rings is 1. The zero-order valence-electron chi connectivity index (χ0n) is 13.3. The van der Waals surface area contributed by atoms with Crippen molar-refractivity contribution in [3.05, 3.63) is 54.0 Å². The van der Waals surface area contributed by atoms with Gasteiger partial charge in [0.1, 0.15) is 11.2 Å². The highest BCUT2D eigenvalue weighted by Crippen LogP contribution is 2.31. The summed E-state index contributed by atoms with van der Waals surface area (Å²) in [5, 5.41) is 2.77. The second-order valence-electron chi connectivity index (χ2n) is 6.22. The first-order valence-corrected chi connectivity index (χ1v) is 7.70. The third kappa shape index (κ3) is 2.86. The van der Waals surface area contributed by atoms with Crippen molar-refractivity contribution >= 4 is 17.5 Å². The lowest BCUT2D eigenvalue weighted by Crippen LogP contribution is -2.49. The van der Waals surface area contributed by atoms with Crippen molar-refractivity contribution in [2.24, 2.45) is 5.41 Å². The molecule has 0 saturated carbocycles. The molecule has 23 heavy (non-hydrogen) atoms. The van der Waals surface area contributed by atoms with Gasteiger partial charge in [-0.25, -0.2) is 0 Å². The molecule has 3 rings (SSSR count). The number of nitrogens with one attached hydrogen (secondary N) is 1. The highest BCUT2D eigenvalue weighted by Gasteiger charge is 2.41. The largest absolute Gasteiger partial charge is 0.467 e. The Hall–Kier alpha value is -2.56. The smallest absolute Gasteiger partial charge is 0.242 e. The Morgan fingerprint density at radius 1 is 1.22 bits per heavy atom. The number of para-hydroxylation sites is 1. The molecule has 0 bridgehead atoms. The zero-order valence-corrected chi connectivity index (χ0v) is 13.3. The van der Waals surface area contributed by atoms with E-state index in [4.69, 9.17) is 4.42 Å². The van der Waals surface area contributed by atoms with Gasteiger partial charge in [0.05, 0.1) is 12.8 Å². The van der Waals surface area contributed by atoms with Crippen molar-refractivity contribution in [3.8, 4) is 0 Å². The summed E-state index contributed by atoms with van der Waals surface area (Å²) in [4.78, 5) is 27.1. The molecular weight excluding hydrogens is 292 g/mol. The maximum atomic E-state index is 12.9. The van der Waals surface area contributed by atoms with E-state index in [2.05, 4.69) is 5.32 Å². The Balaban J connectivity index is 1.71. The molecule has 0 spiro atoms. The number of hydrogen-bond acceptors (Lipinski definition) is 3. The summed E-state index contributed by atoms with van der Waals surface area (Å²) in [6, 6.07) is 11.4. The van der Waals surface area contributed by atoms with Gasteiger partial charge >= 0.3 is 0 Å². The van der Waals surface area contributed by atoms with Crippen LogP contribution >= 0.6 is 0 Å². The molecule has 0 atom stereocenters. The fourth-order valence-corrected chi connectivity index (χ4v) is 2.79. The average molecular weight is 312 g/mol. The second kappa shape index (κ2) is 5.91. The van der Waals surface area contributed by atoms with Gasteiger partial charge in [0.2, 0.25) is 11.8 Å². The Kier molecular flexibility index (Phi) is 3.94. The normalized spacial score (nSPS) is 13.7. The van der Waals surface area contributed by atoms with Crippen molar-refractivity contribution < 1.29 is 14.0 Å². The molecule has 2 amide bonds. The Morgan fingerprint density at radius 2 is 2.00 bits per heavy atom. The molecule has 0 aliphatic carbocycles. The van der Waals surface area contributed by atoms with E-state index in [0.717, 1.165) is 17.7 Å². The first kappa shape index (κ1) is 15.3. The Bertz CT molecular complexity index is 720. The summed E-state index contributed by atoms with van der Waals surface area (Å²) >= 11 is 0. The lowest BCUT2D eigenvalue weighted by Gasteiger charge is -2.28. The Morgan fingerprint density at radius 3 is 2.74 bits per heavy atom. The van der Waals surface area contributed by atoms with Gasteiger partial charge in [-0.05, 0) is 44.0 Å². The molecule has 2 aromatic rings. The molecule has 1 aliphatic rings. The van der Waals surface area contributed by atoms with Gasteiger partial charge in [0, 0.05) is 12.2 Å². The summed E-state index contributed by atoms with van der Waals surface area (Å²) in [7, 11) is 0. The van der Waals surface area contributed by atoms with Crippen LogP contribution in [0.4, 0.5) is 5.69 Å². The first-order valence-electron chi connectivity index (χ1n) is 7.70. The van der Waals surface area contributed by atoms with E-state index in [-0.39, 0.29) is 18.4 Å². The minimum Gasteiger partial charge on any atom is -0.467 e. The third-order valence-electron chi connectivity index (χ3n) is 4.24. The van der Waals surface area contributed by atoms with E-state index in [0.29, 0.717) is 12.3 Å². The van der Waals surface area contributed by atoms with Gasteiger partial charge in [-0.3, -0.25) is 9.59 Å². The summed E-state index contributed by atoms with van der Waals surface area (Å²) < 4.78 is 5.19. The van der Waals surface area contributed by atoms with Crippen molar-refractivity contribution in [3.63, 3.8) is 0 Å². The highest BCUT2D eigenvalue weighted by molar-refractivity contribution is 6.11. The fraction of sp³-hybridized carbons (Fsp3) is 0.333. The van der Waals surface area contributed by atoms with Crippen molar-refractivity contribution in [1.82, 2.24) is 5.32 Å².